The van der Waals surface area contributed by atoms with Crippen LogP contribution < -0.4 is 4.90 Å². The van der Waals surface area contributed by atoms with Gasteiger partial charge in [0.2, 0.25) is 0 Å². The summed E-state index contributed by atoms with van der Waals surface area (Å²) in [4.78, 5) is 32.0. The summed E-state index contributed by atoms with van der Waals surface area (Å²) in [6, 6.07) is 3.88. The number of ether oxygens (including phenoxy) is 1. The number of anilines is 1. The van der Waals surface area contributed by atoms with E-state index in [0.717, 1.165) is 47.1 Å². The van der Waals surface area contributed by atoms with Gasteiger partial charge in [-0.2, -0.15) is 0 Å². The van der Waals surface area contributed by atoms with Crippen LogP contribution in [0.5, 0.6) is 0 Å². The zero-order valence-electron chi connectivity index (χ0n) is 15.5. The fourth-order valence-corrected chi connectivity index (χ4v) is 3.42. The number of aryl methyl sites for hydroxylation is 1. The number of hydrogen-bond acceptors (Lipinski definition) is 7. The Hall–Kier alpha value is -3.09. The Kier molecular flexibility index (Phi) is 4.66. The summed E-state index contributed by atoms with van der Waals surface area (Å²) in [5.74, 6) is 1.10. The van der Waals surface area contributed by atoms with Crippen molar-refractivity contribution in [1.82, 2.24) is 19.9 Å². The second-order valence-corrected chi connectivity index (χ2v) is 6.60. The predicted molar refractivity (Wildman–Crippen MR) is 102 cm³/mol. The Morgan fingerprint density at radius 3 is 2.96 bits per heavy atom. The SMILES string of the molecule is CCOC(=O)CN(C)c1nc(-c2cc3cnccc3cn2)nc2c1CCC2. The van der Waals surface area contributed by atoms with Gasteiger partial charge in [-0.3, -0.25) is 14.8 Å². The van der Waals surface area contributed by atoms with E-state index in [2.05, 4.69) is 9.97 Å². The second-order valence-electron chi connectivity index (χ2n) is 6.60. The topological polar surface area (TPSA) is 81.1 Å². The monoisotopic (exact) mass is 363 g/mol. The van der Waals surface area contributed by atoms with E-state index in [4.69, 9.17) is 14.7 Å². The van der Waals surface area contributed by atoms with E-state index in [-0.39, 0.29) is 12.5 Å². The minimum absolute atomic E-state index is 0.159. The lowest BCUT2D eigenvalue weighted by molar-refractivity contribution is -0.141. The maximum absolute atomic E-state index is 11.9. The molecule has 0 atom stereocenters. The normalized spacial score (nSPS) is 12.8. The molecule has 138 valence electrons. The number of nitrogens with zero attached hydrogens (tertiary/aromatic N) is 5. The summed E-state index contributed by atoms with van der Waals surface area (Å²) in [6.07, 6.45) is 8.25. The Morgan fingerprint density at radius 1 is 1.22 bits per heavy atom. The van der Waals surface area contributed by atoms with E-state index in [1.165, 1.54) is 0 Å². The van der Waals surface area contributed by atoms with E-state index in [9.17, 15) is 4.79 Å². The molecule has 3 heterocycles. The molecule has 7 nitrogen and oxygen atoms in total. The zero-order chi connectivity index (χ0) is 18.8. The van der Waals surface area contributed by atoms with Gasteiger partial charge in [0.15, 0.2) is 5.82 Å². The summed E-state index contributed by atoms with van der Waals surface area (Å²) in [6.45, 7) is 2.33. The molecule has 0 radical (unpaired) electrons. The third kappa shape index (κ3) is 3.45. The molecule has 0 N–H and O–H groups in total. The van der Waals surface area contributed by atoms with Gasteiger partial charge in [-0.15, -0.1) is 0 Å². The molecule has 0 aliphatic heterocycles. The molecule has 1 aliphatic rings. The highest BCUT2D eigenvalue weighted by atomic mass is 16.5. The number of rotatable bonds is 5. The van der Waals surface area contributed by atoms with Crippen LogP contribution in [0, 0.1) is 0 Å². The zero-order valence-corrected chi connectivity index (χ0v) is 15.5. The Bertz CT molecular complexity index is 1000. The van der Waals surface area contributed by atoms with Gasteiger partial charge in [-0.1, -0.05) is 0 Å². The Labute approximate surface area is 157 Å². The van der Waals surface area contributed by atoms with Crippen molar-refractivity contribution >= 4 is 22.6 Å². The maximum atomic E-state index is 11.9. The number of esters is 1. The van der Waals surface area contributed by atoms with E-state index >= 15 is 0 Å². The van der Waals surface area contributed by atoms with Crippen LogP contribution in [0.4, 0.5) is 5.82 Å². The number of aromatic nitrogens is 4. The molecule has 4 rings (SSSR count). The van der Waals surface area contributed by atoms with Crippen LogP contribution in [-0.2, 0) is 22.4 Å². The molecule has 0 saturated carbocycles. The number of likely N-dealkylation sites (N-methyl/N-ethyl adjacent to an activating group) is 1. The summed E-state index contributed by atoms with van der Waals surface area (Å²) in [7, 11) is 1.86. The molecule has 3 aromatic heterocycles. The fourth-order valence-electron chi connectivity index (χ4n) is 3.42. The Balaban J connectivity index is 1.74. The van der Waals surface area contributed by atoms with Crippen LogP contribution in [0.25, 0.3) is 22.3 Å². The molecule has 0 saturated heterocycles. The quantitative estimate of drug-likeness (QED) is 0.644. The van der Waals surface area contributed by atoms with Gasteiger partial charge in [0, 0.05) is 47.7 Å². The van der Waals surface area contributed by atoms with Gasteiger partial charge in [-0.25, -0.2) is 9.97 Å². The van der Waals surface area contributed by atoms with E-state index < -0.39 is 0 Å². The molecule has 7 heteroatoms. The van der Waals surface area contributed by atoms with Gasteiger partial charge in [0.25, 0.3) is 0 Å². The molecule has 0 amide bonds. The number of pyridine rings is 2. The third-order valence-corrected chi connectivity index (χ3v) is 4.70. The van der Waals surface area contributed by atoms with Crippen LogP contribution in [0.1, 0.15) is 24.6 Å². The minimum atomic E-state index is -0.262. The number of carbonyl (C=O) groups excluding carboxylic acids is 1. The van der Waals surface area contributed by atoms with Gasteiger partial charge >= 0.3 is 5.97 Å². The predicted octanol–water partition coefficient (Wildman–Crippen LogP) is 2.57. The van der Waals surface area contributed by atoms with E-state index in [1.807, 2.05) is 36.5 Å². The van der Waals surface area contributed by atoms with Crippen molar-refractivity contribution in [2.24, 2.45) is 0 Å². The van der Waals surface area contributed by atoms with E-state index in [0.29, 0.717) is 18.1 Å². The maximum Gasteiger partial charge on any atom is 0.325 e. The van der Waals surface area contributed by atoms with Crippen molar-refractivity contribution in [3.8, 4) is 11.5 Å². The molecular formula is C20H21N5O2. The van der Waals surface area contributed by atoms with Crippen LogP contribution in [0.2, 0.25) is 0 Å². The largest absolute Gasteiger partial charge is 0.465 e. The lowest BCUT2D eigenvalue weighted by atomic mass is 10.2. The van der Waals surface area contributed by atoms with Crippen molar-refractivity contribution in [2.45, 2.75) is 26.2 Å². The molecule has 0 bridgehead atoms. The van der Waals surface area contributed by atoms with Crippen LogP contribution in [-0.4, -0.2) is 46.1 Å². The number of carbonyl (C=O) groups is 1. The summed E-state index contributed by atoms with van der Waals surface area (Å²) in [5, 5.41) is 2.02. The van der Waals surface area contributed by atoms with E-state index in [1.54, 1.807) is 13.1 Å². The average molecular weight is 363 g/mol. The highest BCUT2D eigenvalue weighted by Crippen LogP contribution is 2.31. The smallest absolute Gasteiger partial charge is 0.325 e. The first-order chi connectivity index (χ1) is 13.2. The summed E-state index contributed by atoms with van der Waals surface area (Å²) >= 11 is 0. The average Bonchev–Trinajstić information content (AvgIpc) is 3.15. The summed E-state index contributed by atoms with van der Waals surface area (Å²) in [5.41, 5.74) is 2.86. The van der Waals surface area contributed by atoms with Crippen molar-refractivity contribution in [1.29, 1.82) is 0 Å². The van der Waals surface area contributed by atoms with Crippen molar-refractivity contribution in [2.75, 3.05) is 25.1 Å². The molecule has 27 heavy (non-hydrogen) atoms. The molecule has 1 aliphatic carbocycles. The highest BCUT2D eigenvalue weighted by molar-refractivity contribution is 5.83. The number of hydrogen-bond donors (Lipinski definition) is 0. The Morgan fingerprint density at radius 2 is 2.11 bits per heavy atom. The fraction of sp³-hybridized carbons (Fsp3) is 0.350. The standard InChI is InChI=1S/C20H21N5O2/c1-3-27-18(26)12-25(2)20-15-5-4-6-16(15)23-19(24-20)17-9-14-10-21-8-7-13(14)11-22-17/h7-11H,3-6,12H2,1-2H3. The molecular weight excluding hydrogens is 342 g/mol. The first-order valence-electron chi connectivity index (χ1n) is 9.12. The minimum Gasteiger partial charge on any atom is -0.465 e. The molecule has 0 unspecified atom stereocenters. The third-order valence-electron chi connectivity index (χ3n) is 4.70. The number of fused-ring (bicyclic) bond motifs is 2. The first kappa shape index (κ1) is 17.3. The van der Waals surface area contributed by atoms with Crippen molar-refractivity contribution in [3.05, 3.63) is 42.0 Å². The van der Waals surface area contributed by atoms with Crippen LogP contribution >= 0.6 is 0 Å². The van der Waals surface area contributed by atoms with Gasteiger partial charge in [-0.05, 0) is 38.3 Å². The first-order valence-corrected chi connectivity index (χ1v) is 9.12. The van der Waals surface area contributed by atoms with Crippen molar-refractivity contribution < 1.29 is 9.53 Å². The van der Waals surface area contributed by atoms with Crippen LogP contribution in [0.15, 0.2) is 30.7 Å². The summed E-state index contributed by atoms with van der Waals surface area (Å²) < 4.78 is 5.07. The molecule has 3 aromatic rings. The van der Waals surface area contributed by atoms with Crippen LogP contribution in [0.3, 0.4) is 0 Å². The molecule has 0 aromatic carbocycles. The molecule has 0 fully saturated rings. The van der Waals surface area contributed by atoms with Gasteiger partial charge in [0.1, 0.15) is 18.1 Å². The van der Waals surface area contributed by atoms with Gasteiger partial charge in [0.05, 0.1) is 6.61 Å². The van der Waals surface area contributed by atoms with Crippen molar-refractivity contribution in [3.63, 3.8) is 0 Å². The second kappa shape index (κ2) is 7.26. The highest BCUT2D eigenvalue weighted by Gasteiger charge is 2.23. The lowest BCUT2D eigenvalue weighted by Gasteiger charge is -2.20. The molecule has 0 spiro atoms. The van der Waals surface area contributed by atoms with Gasteiger partial charge < -0.3 is 9.64 Å². The lowest BCUT2D eigenvalue weighted by Crippen LogP contribution is -2.29.